The second kappa shape index (κ2) is 6.37. The van der Waals surface area contributed by atoms with Gasteiger partial charge in [-0.3, -0.25) is 9.89 Å². The average molecular weight is 377 g/mol. The summed E-state index contributed by atoms with van der Waals surface area (Å²) < 4.78 is 27.0. The second-order valence-electron chi connectivity index (χ2n) is 5.45. The molecule has 0 unspecified atom stereocenters. The van der Waals surface area contributed by atoms with Gasteiger partial charge in [0.2, 0.25) is 0 Å². The molecule has 2 N–H and O–H groups in total. The summed E-state index contributed by atoms with van der Waals surface area (Å²) in [6.45, 7) is 5.33. The van der Waals surface area contributed by atoms with Crippen molar-refractivity contribution in [3.8, 4) is 10.8 Å². The Morgan fingerprint density at radius 2 is 1.96 bits per heavy atom. The van der Waals surface area contributed by atoms with E-state index in [1.165, 1.54) is 18.5 Å². The lowest BCUT2D eigenvalue weighted by Crippen LogP contribution is -2.30. The summed E-state index contributed by atoms with van der Waals surface area (Å²) >= 11 is 1.05. The van der Waals surface area contributed by atoms with Crippen LogP contribution in [0.25, 0.3) is 10.8 Å². The van der Waals surface area contributed by atoms with E-state index in [2.05, 4.69) is 24.9 Å². The number of sulfonamides is 1. The van der Waals surface area contributed by atoms with Crippen molar-refractivity contribution in [2.75, 3.05) is 0 Å². The molecule has 2 aromatic heterocycles. The van der Waals surface area contributed by atoms with E-state index in [-0.39, 0.29) is 9.77 Å². The van der Waals surface area contributed by atoms with Crippen LogP contribution in [0, 0.1) is 20.8 Å². The number of carbonyl (C=O) groups is 1. The van der Waals surface area contributed by atoms with E-state index in [1.807, 2.05) is 13.8 Å². The number of hydrogen-bond donors (Lipinski definition) is 2. The summed E-state index contributed by atoms with van der Waals surface area (Å²) in [6, 6.07) is 4.70. The monoisotopic (exact) mass is 377 g/mol. The van der Waals surface area contributed by atoms with Crippen LogP contribution < -0.4 is 4.72 Å². The summed E-state index contributed by atoms with van der Waals surface area (Å²) in [7, 11) is -3.96. The van der Waals surface area contributed by atoms with Gasteiger partial charge in [0.25, 0.3) is 15.9 Å². The second-order valence-corrected chi connectivity index (χ2v) is 8.13. The summed E-state index contributed by atoms with van der Waals surface area (Å²) in [5.41, 5.74) is 2.22. The number of H-pyrrole nitrogens is 1. The van der Waals surface area contributed by atoms with Crippen molar-refractivity contribution in [3.63, 3.8) is 0 Å². The molecule has 130 valence electrons. The fraction of sp³-hybridized carbons (Fsp3) is 0.200. The topological polar surface area (TPSA) is 118 Å². The normalized spacial score (nSPS) is 11.5. The molecule has 25 heavy (non-hydrogen) atoms. The van der Waals surface area contributed by atoms with Gasteiger partial charge in [0.05, 0.1) is 10.6 Å². The number of thiazole rings is 1. The van der Waals surface area contributed by atoms with E-state index in [0.717, 1.165) is 22.5 Å². The summed E-state index contributed by atoms with van der Waals surface area (Å²) in [4.78, 5) is 20.9. The largest absolute Gasteiger partial charge is 0.277 e. The zero-order valence-corrected chi connectivity index (χ0v) is 15.3. The standard InChI is InChI=1S/C15H15N5O3S2/c1-8-4-5-11(6-9(8)2)25(22,23)20-14(21)12-10(3)18-15(24-12)13-16-7-17-19-13/h4-7H,1-3H3,(H,20,21)(H,16,17,19). The number of aromatic nitrogens is 4. The molecule has 0 atom stereocenters. The van der Waals surface area contributed by atoms with Crippen LogP contribution in [0.3, 0.4) is 0 Å². The molecule has 0 saturated heterocycles. The van der Waals surface area contributed by atoms with Gasteiger partial charge in [-0.05, 0) is 44.0 Å². The van der Waals surface area contributed by atoms with Crippen molar-refractivity contribution >= 4 is 27.3 Å². The minimum absolute atomic E-state index is 0.0431. The highest BCUT2D eigenvalue weighted by Crippen LogP contribution is 2.25. The highest BCUT2D eigenvalue weighted by molar-refractivity contribution is 7.90. The quantitative estimate of drug-likeness (QED) is 0.718. The lowest BCUT2D eigenvalue weighted by atomic mass is 10.1. The van der Waals surface area contributed by atoms with E-state index >= 15 is 0 Å². The minimum atomic E-state index is -3.96. The van der Waals surface area contributed by atoms with E-state index < -0.39 is 15.9 Å². The number of rotatable bonds is 4. The molecule has 0 aliphatic carbocycles. The van der Waals surface area contributed by atoms with E-state index in [4.69, 9.17) is 0 Å². The third-order valence-corrected chi connectivity index (χ3v) is 6.13. The first-order chi connectivity index (χ1) is 11.8. The number of aryl methyl sites for hydroxylation is 3. The number of carbonyl (C=O) groups excluding carboxylic acids is 1. The maximum Gasteiger partial charge on any atom is 0.277 e. The zero-order valence-electron chi connectivity index (χ0n) is 13.7. The molecule has 1 amide bonds. The molecule has 2 heterocycles. The van der Waals surface area contributed by atoms with E-state index in [0.29, 0.717) is 16.5 Å². The lowest BCUT2D eigenvalue weighted by Gasteiger charge is -2.08. The van der Waals surface area contributed by atoms with Crippen molar-refractivity contribution in [1.29, 1.82) is 0 Å². The fourth-order valence-electron chi connectivity index (χ4n) is 2.13. The number of nitrogens with zero attached hydrogens (tertiary/aromatic N) is 3. The third-order valence-electron chi connectivity index (χ3n) is 3.64. The van der Waals surface area contributed by atoms with Gasteiger partial charge in [-0.15, -0.1) is 11.3 Å². The van der Waals surface area contributed by atoms with Crippen molar-refractivity contribution in [2.45, 2.75) is 25.7 Å². The first-order valence-electron chi connectivity index (χ1n) is 7.25. The van der Waals surface area contributed by atoms with Crippen molar-refractivity contribution in [3.05, 3.63) is 46.2 Å². The van der Waals surface area contributed by atoms with Gasteiger partial charge in [0, 0.05) is 0 Å². The third kappa shape index (κ3) is 3.44. The van der Waals surface area contributed by atoms with Crippen LogP contribution in [0.4, 0.5) is 0 Å². The van der Waals surface area contributed by atoms with Gasteiger partial charge < -0.3 is 0 Å². The van der Waals surface area contributed by atoms with Crippen LogP contribution in [-0.2, 0) is 10.0 Å². The van der Waals surface area contributed by atoms with Crippen molar-refractivity contribution in [1.82, 2.24) is 24.9 Å². The zero-order chi connectivity index (χ0) is 18.2. The van der Waals surface area contributed by atoms with Gasteiger partial charge in [0.15, 0.2) is 10.8 Å². The molecule has 8 nitrogen and oxygen atoms in total. The predicted octanol–water partition coefficient (Wildman–Crippen LogP) is 1.97. The highest BCUT2D eigenvalue weighted by Gasteiger charge is 2.23. The van der Waals surface area contributed by atoms with E-state index in [1.54, 1.807) is 13.0 Å². The molecule has 3 rings (SSSR count). The molecule has 1 aromatic carbocycles. The Labute approximate surface area is 148 Å². The van der Waals surface area contributed by atoms with E-state index in [9.17, 15) is 13.2 Å². The predicted molar refractivity (Wildman–Crippen MR) is 92.8 cm³/mol. The Morgan fingerprint density at radius 3 is 2.60 bits per heavy atom. The Hall–Kier alpha value is -2.59. The highest BCUT2D eigenvalue weighted by atomic mass is 32.2. The SMILES string of the molecule is Cc1ccc(S(=O)(=O)NC(=O)c2sc(-c3ncn[nH]3)nc2C)cc1C. The van der Waals surface area contributed by atoms with Crippen molar-refractivity contribution < 1.29 is 13.2 Å². The van der Waals surface area contributed by atoms with Crippen LogP contribution in [-0.4, -0.2) is 34.5 Å². The van der Waals surface area contributed by atoms with Gasteiger partial charge in [-0.2, -0.15) is 5.10 Å². The van der Waals surface area contributed by atoms with Crippen molar-refractivity contribution in [2.24, 2.45) is 0 Å². The number of aromatic amines is 1. The Bertz CT molecular complexity index is 1040. The minimum Gasteiger partial charge on any atom is -0.267 e. The maximum absolute atomic E-state index is 12.4. The van der Waals surface area contributed by atoms with Crippen LogP contribution in [0.1, 0.15) is 26.5 Å². The molecule has 0 aliphatic rings. The van der Waals surface area contributed by atoms with Gasteiger partial charge in [-0.25, -0.2) is 23.1 Å². The van der Waals surface area contributed by atoms with Gasteiger partial charge in [0.1, 0.15) is 11.2 Å². The summed E-state index contributed by atoms with van der Waals surface area (Å²) in [6.07, 6.45) is 1.33. The molecule has 3 aromatic rings. The summed E-state index contributed by atoms with van der Waals surface area (Å²) in [5.74, 6) is -0.303. The number of hydrogen-bond acceptors (Lipinski definition) is 7. The van der Waals surface area contributed by atoms with Gasteiger partial charge in [-0.1, -0.05) is 6.07 Å². The Balaban J connectivity index is 1.88. The molecule has 0 fully saturated rings. The van der Waals surface area contributed by atoms with Crippen LogP contribution in [0.2, 0.25) is 0 Å². The molecule has 0 bridgehead atoms. The Morgan fingerprint density at radius 1 is 1.20 bits per heavy atom. The molecular weight excluding hydrogens is 362 g/mol. The molecule has 0 spiro atoms. The molecule has 0 aliphatic heterocycles. The van der Waals surface area contributed by atoms with Crippen LogP contribution in [0.15, 0.2) is 29.4 Å². The first kappa shape index (κ1) is 17.2. The fourth-order valence-corrected chi connectivity index (χ4v) is 4.14. The molecule has 0 saturated carbocycles. The molecule has 10 heteroatoms. The number of amides is 1. The van der Waals surface area contributed by atoms with Gasteiger partial charge >= 0.3 is 0 Å². The number of nitrogens with one attached hydrogen (secondary N) is 2. The molecule has 0 radical (unpaired) electrons. The first-order valence-corrected chi connectivity index (χ1v) is 9.55. The van der Waals surface area contributed by atoms with Crippen LogP contribution in [0.5, 0.6) is 0 Å². The Kier molecular flexibility index (Phi) is 4.39. The average Bonchev–Trinajstić information content (AvgIpc) is 3.18. The lowest BCUT2D eigenvalue weighted by molar-refractivity contribution is 0.0984. The smallest absolute Gasteiger partial charge is 0.267 e. The number of benzene rings is 1. The summed E-state index contributed by atoms with van der Waals surface area (Å²) in [5, 5.41) is 6.85. The van der Waals surface area contributed by atoms with Crippen LogP contribution >= 0.6 is 11.3 Å². The molecular formula is C15H15N5O3S2. The maximum atomic E-state index is 12.4.